The van der Waals surface area contributed by atoms with Gasteiger partial charge in [-0.05, 0) is 48.8 Å². The first-order valence-corrected chi connectivity index (χ1v) is 6.85. The fraction of sp³-hybridized carbons (Fsp3) is 0.571. The predicted molar refractivity (Wildman–Crippen MR) is 71.3 cm³/mol. The minimum Gasteiger partial charge on any atom is -0.0840 e. The lowest BCUT2D eigenvalue weighted by atomic mass is 9.80. The Kier molecular flexibility index (Phi) is 4.16. The van der Waals surface area contributed by atoms with Crippen molar-refractivity contribution in [3.8, 4) is 0 Å². The van der Waals surface area contributed by atoms with Gasteiger partial charge >= 0.3 is 0 Å². The summed E-state index contributed by atoms with van der Waals surface area (Å²) in [6.45, 7) is 2.35. The number of hydrogen-bond acceptors (Lipinski definition) is 0. The molecule has 88 valence electrons. The highest BCUT2D eigenvalue weighted by molar-refractivity contribution is 6.35. The summed E-state index contributed by atoms with van der Waals surface area (Å²) < 4.78 is 0. The number of halogens is 2. The zero-order valence-corrected chi connectivity index (χ0v) is 11.2. The van der Waals surface area contributed by atoms with Crippen molar-refractivity contribution in [1.82, 2.24) is 0 Å². The van der Waals surface area contributed by atoms with E-state index in [1.54, 1.807) is 0 Å². The van der Waals surface area contributed by atoms with Gasteiger partial charge in [-0.2, -0.15) is 0 Å². The summed E-state index contributed by atoms with van der Waals surface area (Å²) in [6, 6.07) is 5.79. The maximum atomic E-state index is 6.19. The molecular formula is C14H18Cl2. The molecule has 0 radical (unpaired) electrons. The lowest BCUT2D eigenvalue weighted by Gasteiger charge is -2.26. The van der Waals surface area contributed by atoms with E-state index in [4.69, 9.17) is 23.2 Å². The van der Waals surface area contributed by atoms with Gasteiger partial charge in [-0.25, -0.2) is 0 Å². The summed E-state index contributed by atoms with van der Waals surface area (Å²) in [5, 5.41) is 1.65. The van der Waals surface area contributed by atoms with E-state index in [2.05, 4.69) is 6.92 Å². The molecule has 0 unspecified atom stereocenters. The molecule has 1 fully saturated rings. The van der Waals surface area contributed by atoms with Crippen LogP contribution in [0.3, 0.4) is 0 Å². The Morgan fingerprint density at radius 1 is 1.06 bits per heavy atom. The van der Waals surface area contributed by atoms with Crippen LogP contribution in [0, 0.1) is 11.8 Å². The van der Waals surface area contributed by atoms with Crippen LogP contribution in [-0.4, -0.2) is 0 Å². The van der Waals surface area contributed by atoms with Gasteiger partial charge in [0, 0.05) is 10.0 Å². The second-order valence-electron chi connectivity index (χ2n) is 5.03. The SMILES string of the molecule is CC1CCC(Cc2c(Cl)cccc2Cl)CC1. The molecule has 0 amide bonds. The zero-order chi connectivity index (χ0) is 11.5. The molecule has 0 saturated heterocycles. The molecule has 0 atom stereocenters. The van der Waals surface area contributed by atoms with E-state index in [0.717, 1.165) is 33.9 Å². The van der Waals surface area contributed by atoms with Crippen LogP contribution in [0.1, 0.15) is 38.2 Å². The van der Waals surface area contributed by atoms with Crippen molar-refractivity contribution < 1.29 is 0 Å². The first kappa shape index (κ1) is 12.3. The van der Waals surface area contributed by atoms with E-state index >= 15 is 0 Å². The molecule has 0 heterocycles. The van der Waals surface area contributed by atoms with Gasteiger partial charge in [-0.1, -0.05) is 49.0 Å². The molecule has 0 spiro atoms. The van der Waals surface area contributed by atoms with Crippen LogP contribution in [-0.2, 0) is 6.42 Å². The Morgan fingerprint density at radius 2 is 1.62 bits per heavy atom. The summed E-state index contributed by atoms with van der Waals surface area (Å²) in [5.41, 5.74) is 1.14. The summed E-state index contributed by atoms with van der Waals surface area (Å²) in [4.78, 5) is 0. The number of hydrogen-bond donors (Lipinski definition) is 0. The molecule has 1 aliphatic rings. The second kappa shape index (κ2) is 5.42. The van der Waals surface area contributed by atoms with Crippen LogP contribution in [0.2, 0.25) is 10.0 Å². The summed E-state index contributed by atoms with van der Waals surface area (Å²) >= 11 is 12.4. The molecule has 0 nitrogen and oxygen atoms in total. The third-order valence-corrected chi connectivity index (χ3v) is 4.40. The quantitative estimate of drug-likeness (QED) is 0.668. The smallest absolute Gasteiger partial charge is 0.0452 e. The molecular weight excluding hydrogens is 239 g/mol. The van der Waals surface area contributed by atoms with Gasteiger partial charge in [0.15, 0.2) is 0 Å². The van der Waals surface area contributed by atoms with Crippen LogP contribution in [0.5, 0.6) is 0 Å². The monoisotopic (exact) mass is 256 g/mol. The zero-order valence-electron chi connectivity index (χ0n) is 9.68. The Labute approximate surface area is 108 Å². The van der Waals surface area contributed by atoms with Crippen molar-refractivity contribution >= 4 is 23.2 Å². The van der Waals surface area contributed by atoms with Crippen molar-refractivity contribution in [2.45, 2.75) is 39.0 Å². The van der Waals surface area contributed by atoms with Gasteiger partial charge < -0.3 is 0 Å². The van der Waals surface area contributed by atoms with Crippen molar-refractivity contribution in [3.05, 3.63) is 33.8 Å². The average molecular weight is 257 g/mol. The fourth-order valence-corrected chi connectivity index (χ4v) is 3.10. The second-order valence-corrected chi connectivity index (χ2v) is 5.84. The third kappa shape index (κ3) is 2.93. The maximum absolute atomic E-state index is 6.19. The first-order valence-electron chi connectivity index (χ1n) is 6.09. The van der Waals surface area contributed by atoms with Gasteiger partial charge in [0.25, 0.3) is 0 Å². The molecule has 0 N–H and O–H groups in total. The minimum absolute atomic E-state index is 0.772. The van der Waals surface area contributed by atoms with Gasteiger partial charge in [-0.15, -0.1) is 0 Å². The van der Waals surface area contributed by atoms with Gasteiger partial charge in [-0.3, -0.25) is 0 Å². The van der Waals surface area contributed by atoms with E-state index in [0.29, 0.717) is 0 Å². The van der Waals surface area contributed by atoms with Crippen LogP contribution in [0.4, 0.5) is 0 Å². The highest BCUT2D eigenvalue weighted by Gasteiger charge is 2.20. The van der Waals surface area contributed by atoms with E-state index in [1.165, 1.54) is 25.7 Å². The Hall–Kier alpha value is -0.200. The van der Waals surface area contributed by atoms with Gasteiger partial charge in [0.2, 0.25) is 0 Å². The third-order valence-electron chi connectivity index (χ3n) is 3.69. The molecule has 2 rings (SSSR count). The lowest BCUT2D eigenvalue weighted by Crippen LogP contribution is -2.14. The summed E-state index contributed by atoms with van der Waals surface area (Å²) in [6.07, 6.45) is 6.40. The highest BCUT2D eigenvalue weighted by Crippen LogP contribution is 2.34. The predicted octanol–water partition coefficient (Wildman–Crippen LogP) is 5.36. The Balaban J connectivity index is 2.04. The van der Waals surface area contributed by atoms with Crippen LogP contribution < -0.4 is 0 Å². The molecule has 1 aromatic rings. The Morgan fingerprint density at radius 3 is 2.19 bits per heavy atom. The van der Waals surface area contributed by atoms with Crippen molar-refractivity contribution in [3.63, 3.8) is 0 Å². The van der Waals surface area contributed by atoms with E-state index < -0.39 is 0 Å². The number of benzene rings is 1. The standard InChI is InChI=1S/C14H18Cl2/c1-10-5-7-11(8-6-10)9-12-13(15)3-2-4-14(12)16/h2-4,10-11H,5-9H2,1H3. The van der Waals surface area contributed by atoms with Gasteiger partial charge in [0.1, 0.15) is 0 Å². The van der Waals surface area contributed by atoms with Gasteiger partial charge in [0.05, 0.1) is 0 Å². The van der Waals surface area contributed by atoms with Crippen molar-refractivity contribution in [2.24, 2.45) is 11.8 Å². The summed E-state index contributed by atoms with van der Waals surface area (Å²) in [7, 11) is 0. The van der Waals surface area contributed by atoms with Crippen LogP contribution >= 0.6 is 23.2 Å². The molecule has 16 heavy (non-hydrogen) atoms. The molecule has 1 aliphatic carbocycles. The first-order chi connectivity index (χ1) is 7.66. The maximum Gasteiger partial charge on any atom is 0.0452 e. The van der Waals surface area contributed by atoms with Crippen LogP contribution in [0.25, 0.3) is 0 Å². The van der Waals surface area contributed by atoms with E-state index in [1.807, 2.05) is 18.2 Å². The van der Waals surface area contributed by atoms with Crippen molar-refractivity contribution in [2.75, 3.05) is 0 Å². The lowest BCUT2D eigenvalue weighted by molar-refractivity contribution is 0.289. The molecule has 2 heteroatoms. The topological polar surface area (TPSA) is 0 Å². The van der Waals surface area contributed by atoms with E-state index in [-0.39, 0.29) is 0 Å². The minimum atomic E-state index is 0.772. The molecule has 0 aliphatic heterocycles. The molecule has 1 saturated carbocycles. The highest BCUT2D eigenvalue weighted by atomic mass is 35.5. The normalized spacial score (nSPS) is 25.7. The molecule has 0 bridgehead atoms. The largest absolute Gasteiger partial charge is 0.0840 e. The van der Waals surface area contributed by atoms with E-state index in [9.17, 15) is 0 Å². The number of rotatable bonds is 2. The van der Waals surface area contributed by atoms with Crippen molar-refractivity contribution in [1.29, 1.82) is 0 Å². The Bertz CT molecular complexity index is 332. The summed E-state index contributed by atoms with van der Waals surface area (Å²) in [5.74, 6) is 1.67. The fourth-order valence-electron chi connectivity index (χ4n) is 2.55. The molecule has 1 aromatic carbocycles. The average Bonchev–Trinajstić information content (AvgIpc) is 2.26. The van der Waals surface area contributed by atoms with Crippen LogP contribution in [0.15, 0.2) is 18.2 Å². The molecule has 0 aromatic heterocycles.